The van der Waals surface area contributed by atoms with Crippen LogP contribution in [0.3, 0.4) is 0 Å². The molecule has 0 amide bonds. The smallest absolute Gasteiger partial charge is 0.00663 e. The summed E-state index contributed by atoms with van der Waals surface area (Å²) in [6.45, 7) is 9.08. The molecule has 1 rings (SSSR count). The monoisotopic (exact) mass is 254 g/mol. The number of hydrogen-bond acceptors (Lipinski definition) is 2. The van der Waals surface area contributed by atoms with Gasteiger partial charge in [0.05, 0.1) is 0 Å². The average Bonchev–Trinajstić information content (AvgIpc) is 2.36. The molecule has 0 saturated heterocycles. The Labute approximate surface area is 114 Å². The van der Waals surface area contributed by atoms with Crippen LogP contribution in [0.5, 0.6) is 0 Å². The molecule has 0 spiro atoms. The van der Waals surface area contributed by atoms with Crippen molar-refractivity contribution in [1.29, 1.82) is 0 Å². The van der Waals surface area contributed by atoms with Crippen LogP contribution in [-0.2, 0) is 0 Å². The maximum absolute atomic E-state index is 6.06. The number of nitrogens with zero attached hydrogens (tertiary/aromatic N) is 1. The van der Waals surface area contributed by atoms with Crippen LogP contribution in [0.25, 0.3) is 0 Å². The molecule has 108 valence electrons. The Bertz CT molecular complexity index is 219. The van der Waals surface area contributed by atoms with E-state index in [1.54, 1.807) is 0 Å². The molecule has 1 aliphatic carbocycles. The standard InChI is InChI=1S/C16H34N2/c1-14(2)12-15(3)18(4)11-10-16(13-17)8-6-5-7-9-16/h14-15H,5-13,17H2,1-4H3. The Kier molecular flexibility index (Phi) is 6.65. The Morgan fingerprint density at radius 1 is 1.11 bits per heavy atom. The third kappa shape index (κ3) is 4.89. The molecule has 2 N–H and O–H groups in total. The van der Waals surface area contributed by atoms with E-state index in [4.69, 9.17) is 5.73 Å². The molecule has 1 atom stereocenters. The molecule has 1 saturated carbocycles. The molecule has 2 heteroatoms. The molecular weight excluding hydrogens is 220 g/mol. The summed E-state index contributed by atoms with van der Waals surface area (Å²) in [7, 11) is 2.28. The van der Waals surface area contributed by atoms with E-state index in [1.807, 2.05) is 0 Å². The molecule has 0 radical (unpaired) electrons. The molecule has 0 bridgehead atoms. The summed E-state index contributed by atoms with van der Waals surface area (Å²) >= 11 is 0. The highest BCUT2D eigenvalue weighted by Crippen LogP contribution is 2.38. The van der Waals surface area contributed by atoms with Crippen LogP contribution in [-0.4, -0.2) is 31.1 Å². The summed E-state index contributed by atoms with van der Waals surface area (Å²) in [5.41, 5.74) is 6.53. The van der Waals surface area contributed by atoms with Crippen LogP contribution >= 0.6 is 0 Å². The highest BCUT2D eigenvalue weighted by atomic mass is 15.1. The number of rotatable bonds is 7. The van der Waals surface area contributed by atoms with E-state index in [0.717, 1.165) is 12.5 Å². The highest BCUT2D eigenvalue weighted by Gasteiger charge is 2.30. The summed E-state index contributed by atoms with van der Waals surface area (Å²) in [6, 6.07) is 0.698. The zero-order valence-electron chi connectivity index (χ0n) is 13.0. The summed E-state index contributed by atoms with van der Waals surface area (Å²) in [5, 5.41) is 0. The van der Waals surface area contributed by atoms with Crippen LogP contribution in [0.2, 0.25) is 0 Å². The van der Waals surface area contributed by atoms with Gasteiger partial charge in [-0.3, -0.25) is 0 Å². The summed E-state index contributed by atoms with van der Waals surface area (Å²) in [4.78, 5) is 2.53. The lowest BCUT2D eigenvalue weighted by molar-refractivity contribution is 0.137. The van der Waals surface area contributed by atoms with Crippen LogP contribution in [0.15, 0.2) is 0 Å². The van der Waals surface area contributed by atoms with Gasteiger partial charge in [0.2, 0.25) is 0 Å². The topological polar surface area (TPSA) is 29.3 Å². The van der Waals surface area contributed by atoms with Gasteiger partial charge in [0.25, 0.3) is 0 Å². The predicted octanol–water partition coefficient (Wildman–Crippen LogP) is 3.65. The van der Waals surface area contributed by atoms with E-state index in [0.29, 0.717) is 11.5 Å². The lowest BCUT2D eigenvalue weighted by Crippen LogP contribution is -2.38. The first kappa shape index (κ1) is 16.0. The minimum atomic E-state index is 0.462. The highest BCUT2D eigenvalue weighted by molar-refractivity contribution is 4.85. The Morgan fingerprint density at radius 3 is 2.22 bits per heavy atom. The van der Waals surface area contributed by atoms with Crippen LogP contribution < -0.4 is 5.73 Å². The second kappa shape index (κ2) is 7.49. The van der Waals surface area contributed by atoms with Gasteiger partial charge >= 0.3 is 0 Å². The van der Waals surface area contributed by atoms with Gasteiger partial charge in [-0.1, -0.05) is 33.1 Å². The molecule has 18 heavy (non-hydrogen) atoms. The molecule has 1 unspecified atom stereocenters. The minimum absolute atomic E-state index is 0.462. The van der Waals surface area contributed by atoms with Crippen molar-refractivity contribution in [3.63, 3.8) is 0 Å². The van der Waals surface area contributed by atoms with Crippen LogP contribution in [0.4, 0.5) is 0 Å². The minimum Gasteiger partial charge on any atom is -0.330 e. The van der Waals surface area contributed by atoms with Crippen molar-refractivity contribution in [3.8, 4) is 0 Å². The lowest BCUT2D eigenvalue weighted by atomic mass is 9.72. The van der Waals surface area contributed by atoms with Gasteiger partial charge in [-0.2, -0.15) is 0 Å². The van der Waals surface area contributed by atoms with Crippen molar-refractivity contribution in [2.75, 3.05) is 20.1 Å². The van der Waals surface area contributed by atoms with Crippen molar-refractivity contribution in [1.82, 2.24) is 4.90 Å². The molecule has 0 heterocycles. The van der Waals surface area contributed by atoms with E-state index in [2.05, 4.69) is 32.7 Å². The fourth-order valence-electron chi connectivity index (χ4n) is 3.35. The molecule has 1 aliphatic rings. The Hall–Kier alpha value is -0.0800. The first-order valence-corrected chi connectivity index (χ1v) is 7.89. The molecule has 0 aromatic carbocycles. The van der Waals surface area contributed by atoms with E-state index >= 15 is 0 Å². The predicted molar refractivity (Wildman–Crippen MR) is 80.7 cm³/mol. The zero-order valence-corrected chi connectivity index (χ0v) is 13.0. The van der Waals surface area contributed by atoms with Gasteiger partial charge in [0.1, 0.15) is 0 Å². The van der Waals surface area contributed by atoms with Gasteiger partial charge in [-0.05, 0) is 64.1 Å². The van der Waals surface area contributed by atoms with Crippen LogP contribution in [0, 0.1) is 11.3 Å². The summed E-state index contributed by atoms with van der Waals surface area (Å²) in [5.74, 6) is 0.792. The first-order chi connectivity index (χ1) is 8.49. The molecule has 0 aromatic rings. The maximum atomic E-state index is 6.06. The number of nitrogens with two attached hydrogens (primary N) is 1. The number of hydrogen-bond donors (Lipinski definition) is 1. The van der Waals surface area contributed by atoms with E-state index < -0.39 is 0 Å². The van der Waals surface area contributed by atoms with Crippen molar-refractivity contribution in [2.24, 2.45) is 17.1 Å². The van der Waals surface area contributed by atoms with E-state index in [9.17, 15) is 0 Å². The maximum Gasteiger partial charge on any atom is 0.00663 e. The van der Waals surface area contributed by atoms with Crippen LogP contribution in [0.1, 0.15) is 65.7 Å². The van der Waals surface area contributed by atoms with Crippen molar-refractivity contribution < 1.29 is 0 Å². The lowest BCUT2D eigenvalue weighted by Gasteiger charge is -2.38. The average molecular weight is 254 g/mol. The van der Waals surface area contributed by atoms with Gasteiger partial charge in [0.15, 0.2) is 0 Å². The quantitative estimate of drug-likeness (QED) is 0.751. The second-order valence-electron chi connectivity index (χ2n) is 6.97. The van der Waals surface area contributed by atoms with Crippen molar-refractivity contribution >= 4 is 0 Å². The van der Waals surface area contributed by atoms with Gasteiger partial charge < -0.3 is 10.6 Å². The van der Waals surface area contributed by atoms with Gasteiger partial charge in [-0.25, -0.2) is 0 Å². The van der Waals surface area contributed by atoms with Gasteiger partial charge in [0, 0.05) is 6.04 Å². The summed E-state index contributed by atoms with van der Waals surface area (Å²) in [6.07, 6.45) is 9.51. The zero-order chi connectivity index (χ0) is 13.6. The summed E-state index contributed by atoms with van der Waals surface area (Å²) < 4.78 is 0. The molecular formula is C16H34N2. The van der Waals surface area contributed by atoms with E-state index in [1.165, 1.54) is 51.5 Å². The molecule has 2 nitrogen and oxygen atoms in total. The second-order valence-corrected chi connectivity index (χ2v) is 6.97. The first-order valence-electron chi connectivity index (χ1n) is 7.89. The fraction of sp³-hybridized carbons (Fsp3) is 1.00. The van der Waals surface area contributed by atoms with Gasteiger partial charge in [-0.15, -0.1) is 0 Å². The third-order valence-corrected chi connectivity index (χ3v) is 4.91. The Balaban J connectivity index is 2.37. The van der Waals surface area contributed by atoms with Crippen molar-refractivity contribution in [2.45, 2.75) is 71.8 Å². The fourth-order valence-corrected chi connectivity index (χ4v) is 3.35. The normalized spacial score (nSPS) is 21.5. The van der Waals surface area contributed by atoms with E-state index in [-0.39, 0.29) is 0 Å². The molecule has 1 fully saturated rings. The largest absolute Gasteiger partial charge is 0.330 e. The molecule has 0 aliphatic heterocycles. The molecule has 0 aromatic heterocycles. The SMILES string of the molecule is CC(C)CC(C)N(C)CCC1(CN)CCCCC1. The Morgan fingerprint density at radius 2 is 1.72 bits per heavy atom. The third-order valence-electron chi connectivity index (χ3n) is 4.91. The van der Waals surface area contributed by atoms with Crippen molar-refractivity contribution in [3.05, 3.63) is 0 Å².